The number of ether oxygens (including phenoxy) is 1. The Balaban J connectivity index is 1.32. The fourth-order valence-corrected chi connectivity index (χ4v) is 7.65. The van der Waals surface area contributed by atoms with Gasteiger partial charge in [-0.25, -0.2) is 0 Å². The summed E-state index contributed by atoms with van der Waals surface area (Å²) < 4.78 is 5.37. The first kappa shape index (κ1) is 18.0. The molecule has 0 aromatic heterocycles. The van der Waals surface area contributed by atoms with E-state index in [0.717, 1.165) is 41.9 Å². The van der Waals surface area contributed by atoms with Gasteiger partial charge in [0.25, 0.3) is 0 Å². The normalized spacial score (nSPS) is 37.8. The second-order valence-electron chi connectivity index (χ2n) is 10.1. The summed E-state index contributed by atoms with van der Waals surface area (Å²) in [5, 5.41) is 0. The molecule has 1 aromatic carbocycles. The maximum Gasteiger partial charge on any atom is 0.118 e. The van der Waals surface area contributed by atoms with Gasteiger partial charge >= 0.3 is 0 Å². The Labute approximate surface area is 165 Å². The summed E-state index contributed by atoms with van der Waals surface area (Å²) in [6.45, 7) is 4.77. The first-order valence-corrected chi connectivity index (χ1v) is 11.6. The number of methoxy groups -OCH3 is 1. The smallest absolute Gasteiger partial charge is 0.118 e. The van der Waals surface area contributed by atoms with Crippen molar-refractivity contribution in [3.63, 3.8) is 0 Å². The average Bonchev–Trinajstić information content (AvgIpc) is 3.37. The van der Waals surface area contributed by atoms with Crippen LogP contribution in [0, 0.1) is 29.6 Å². The number of nitrogens with zero attached hydrogens (tertiary/aromatic N) is 1. The van der Waals surface area contributed by atoms with Gasteiger partial charge in [0.05, 0.1) is 7.11 Å². The first-order valence-electron chi connectivity index (χ1n) is 11.6. The van der Waals surface area contributed by atoms with Crippen molar-refractivity contribution >= 4 is 0 Å². The van der Waals surface area contributed by atoms with E-state index < -0.39 is 0 Å². The van der Waals surface area contributed by atoms with Crippen LogP contribution in [-0.2, 0) is 6.54 Å². The Kier molecular flexibility index (Phi) is 4.74. The van der Waals surface area contributed by atoms with E-state index in [2.05, 4.69) is 36.1 Å². The summed E-state index contributed by atoms with van der Waals surface area (Å²) >= 11 is 0. The molecule has 0 radical (unpaired) electrons. The lowest BCUT2D eigenvalue weighted by molar-refractivity contribution is -0.0264. The highest BCUT2D eigenvalue weighted by Crippen LogP contribution is 2.77. The van der Waals surface area contributed by atoms with Crippen LogP contribution in [-0.4, -0.2) is 24.1 Å². The molecule has 5 saturated carbocycles. The van der Waals surface area contributed by atoms with Gasteiger partial charge < -0.3 is 4.74 Å². The molecule has 5 aliphatic rings. The van der Waals surface area contributed by atoms with E-state index in [1.54, 1.807) is 20.0 Å². The average molecular weight is 368 g/mol. The van der Waals surface area contributed by atoms with Gasteiger partial charge in [-0.3, -0.25) is 4.90 Å². The van der Waals surface area contributed by atoms with Crippen LogP contribution in [0.4, 0.5) is 0 Å². The quantitative estimate of drug-likeness (QED) is 0.477. The molecule has 27 heavy (non-hydrogen) atoms. The zero-order valence-corrected chi connectivity index (χ0v) is 17.3. The zero-order chi connectivity index (χ0) is 18.4. The Morgan fingerprint density at radius 2 is 1.85 bits per heavy atom. The van der Waals surface area contributed by atoms with Crippen molar-refractivity contribution in [2.24, 2.45) is 29.6 Å². The number of hydrogen-bond donors (Lipinski definition) is 0. The van der Waals surface area contributed by atoms with Crippen LogP contribution in [0.15, 0.2) is 24.3 Å². The number of benzene rings is 1. The fraction of sp³-hybridized carbons (Fsp3) is 0.760. The summed E-state index contributed by atoms with van der Waals surface area (Å²) in [6.07, 6.45) is 13.1. The Bertz CT molecular complexity index is 655. The topological polar surface area (TPSA) is 12.5 Å². The lowest BCUT2D eigenvalue weighted by atomic mass is 9.63. The SMILES string of the molecule is CCCCCCCN(Cc1ccc(OC)cc1)C12CC3CC(C1)[C@H]1C(C3)C12. The van der Waals surface area contributed by atoms with Crippen LogP contribution in [0.2, 0.25) is 0 Å². The molecule has 5 aliphatic carbocycles. The van der Waals surface area contributed by atoms with Crippen molar-refractivity contribution in [1.82, 2.24) is 4.90 Å². The van der Waals surface area contributed by atoms with Crippen molar-refractivity contribution in [2.45, 2.75) is 76.8 Å². The van der Waals surface area contributed by atoms with Crippen molar-refractivity contribution in [1.29, 1.82) is 0 Å². The fourth-order valence-electron chi connectivity index (χ4n) is 7.65. The molecule has 0 amide bonds. The molecule has 148 valence electrons. The molecule has 2 nitrogen and oxygen atoms in total. The first-order chi connectivity index (χ1) is 13.2. The highest BCUT2D eigenvalue weighted by molar-refractivity contribution is 5.30. The van der Waals surface area contributed by atoms with Gasteiger partial charge in [0.1, 0.15) is 5.75 Å². The molecule has 5 unspecified atom stereocenters. The monoisotopic (exact) mass is 367 g/mol. The molecule has 5 fully saturated rings. The van der Waals surface area contributed by atoms with E-state index >= 15 is 0 Å². The van der Waals surface area contributed by atoms with E-state index in [4.69, 9.17) is 4.74 Å². The molecular formula is C25H37NO. The number of hydrogen-bond acceptors (Lipinski definition) is 2. The van der Waals surface area contributed by atoms with E-state index in [-0.39, 0.29) is 0 Å². The Morgan fingerprint density at radius 1 is 1.04 bits per heavy atom. The lowest BCUT2D eigenvalue weighted by Gasteiger charge is -2.52. The molecule has 0 aliphatic heterocycles. The molecule has 0 heterocycles. The molecule has 1 aromatic rings. The standard InChI is InChI=1S/C25H37NO/c1-3-4-5-6-7-12-26(17-18-8-10-21(27-2)11-9-18)25-15-19-13-20(16-25)23-22(14-19)24(23)25/h8-11,19-20,22-24H,3-7,12-17H2,1-2H3/t19?,20?,22?,23-,24?,25?/m0/s1. The van der Waals surface area contributed by atoms with Crippen LogP contribution in [0.25, 0.3) is 0 Å². The van der Waals surface area contributed by atoms with Gasteiger partial charge in [-0.2, -0.15) is 0 Å². The minimum atomic E-state index is 0.561. The predicted molar refractivity (Wildman–Crippen MR) is 111 cm³/mol. The van der Waals surface area contributed by atoms with E-state index in [9.17, 15) is 0 Å². The van der Waals surface area contributed by atoms with Crippen LogP contribution in [0.5, 0.6) is 5.75 Å². The Morgan fingerprint density at radius 3 is 2.59 bits per heavy atom. The maximum absolute atomic E-state index is 5.37. The second-order valence-corrected chi connectivity index (χ2v) is 10.1. The van der Waals surface area contributed by atoms with Crippen LogP contribution in [0.1, 0.15) is 70.3 Å². The number of unbranched alkanes of at least 4 members (excludes halogenated alkanes) is 4. The molecule has 6 rings (SSSR count). The van der Waals surface area contributed by atoms with Crippen molar-refractivity contribution in [3.05, 3.63) is 29.8 Å². The molecule has 0 N–H and O–H groups in total. The molecule has 2 heteroatoms. The number of rotatable bonds is 10. The maximum atomic E-state index is 5.37. The van der Waals surface area contributed by atoms with Crippen molar-refractivity contribution in [3.8, 4) is 5.75 Å². The Hall–Kier alpha value is -1.02. The third-order valence-corrected chi connectivity index (χ3v) is 8.59. The molecule has 4 bridgehead atoms. The molecule has 0 spiro atoms. The van der Waals surface area contributed by atoms with Crippen molar-refractivity contribution in [2.75, 3.05) is 13.7 Å². The van der Waals surface area contributed by atoms with Crippen LogP contribution >= 0.6 is 0 Å². The van der Waals surface area contributed by atoms with Gasteiger partial charge in [-0.15, -0.1) is 0 Å². The third-order valence-electron chi connectivity index (χ3n) is 8.59. The summed E-state index contributed by atoms with van der Waals surface area (Å²) in [6, 6.07) is 8.87. The summed E-state index contributed by atoms with van der Waals surface area (Å²) in [5.74, 6) is 6.37. The zero-order valence-electron chi connectivity index (χ0n) is 17.3. The van der Waals surface area contributed by atoms with Gasteiger partial charge in [-0.1, -0.05) is 44.7 Å². The van der Waals surface area contributed by atoms with E-state index in [0.29, 0.717) is 5.54 Å². The van der Waals surface area contributed by atoms with E-state index in [1.807, 2.05) is 0 Å². The largest absolute Gasteiger partial charge is 0.497 e. The van der Waals surface area contributed by atoms with Gasteiger partial charge in [0.2, 0.25) is 0 Å². The van der Waals surface area contributed by atoms with E-state index in [1.165, 1.54) is 57.1 Å². The minimum absolute atomic E-state index is 0.561. The second kappa shape index (κ2) is 7.10. The molecule has 6 atom stereocenters. The van der Waals surface area contributed by atoms with Crippen molar-refractivity contribution < 1.29 is 4.74 Å². The summed E-state index contributed by atoms with van der Waals surface area (Å²) in [5.41, 5.74) is 2.03. The minimum Gasteiger partial charge on any atom is -0.497 e. The predicted octanol–water partition coefficient (Wildman–Crippen LogP) is 5.90. The highest BCUT2D eigenvalue weighted by atomic mass is 16.5. The van der Waals surface area contributed by atoms with Crippen LogP contribution in [0.3, 0.4) is 0 Å². The molecule has 0 saturated heterocycles. The van der Waals surface area contributed by atoms with Gasteiger partial charge in [-0.05, 0) is 85.9 Å². The summed E-state index contributed by atoms with van der Waals surface area (Å²) in [7, 11) is 1.76. The summed E-state index contributed by atoms with van der Waals surface area (Å²) in [4.78, 5) is 2.98. The lowest BCUT2D eigenvalue weighted by Crippen LogP contribution is -2.55. The highest BCUT2D eigenvalue weighted by Gasteiger charge is 2.75. The van der Waals surface area contributed by atoms with Crippen LogP contribution < -0.4 is 4.74 Å². The molecular weight excluding hydrogens is 330 g/mol. The van der Waals surface area contributed by atoms with Gasteiger partial charge in [0.15, 0.2) is 0 Å². The third kappa shape index (κ3) is 3.03. The van der Waals surface area contributed by atoms with Gasteiger partial charge in [0, 0.05) is 12.1 Å².